The molecule has 0 bridgehead atoms. The van der Waals surface area contributed by atoms with Crippen LogP contribution in [-0.4, -0.2) is 12.3 Å². The number of hydrogen-bond acceptors (Lipinski definition) is 5. The first kappa shape index (κ1) is 43.1. The minimum atomic E-state index is -0.122. The molecule has 1 saturated carbocycles. The molecule has 3 aliphatic heterocycles. The third-order valence-electron chi connectivity index (χ3n) is 17.8. The summed E-state index contributed by atoms with van der Waals surface area (Å²) in [4.78, 5) is 7.97. The van der Waals surface area contributed by atoms with E-state index in [1.54, 1.807) is 0 Å². The fourth-order valence-corrected chi connectivity index (χ4v) is 15.2. The summed E-state index contributed by atoms with van der Waals surface area (Å²) in [6, 6.07) is 69.2. The largest absolute Gasteiger partial charge is 0.454 e. The van der Waals surface area contributed by atoms with Gasteiger partial charge in [-0.1, -0.05) is 156 Å². The molecule has 0 saturated heterocycles. The van der Waals surface area contributed by atoms with Crippen LogP contribution in [0.3, 0.4) is 0 Å². The van der Waals surface area contributed by atoms with Gasteiger partial charge in [0.05, 0.1) is 21.6 Å². The Balaban J connectivity index is 1.02. The van der Waals surface area contributed by atoms with Crippen molar-refractivity contribution in [1.82, 2.24) is 0 Å². The molecule has 0 amide bonds. The van der Waals surface area contributed by atoms with Crippen LogP contribution >= 0.6 is 11.3 Å². The zero-order chi connectivity index (χ0) is 49.1. The number of anilines is 8. The van der Waals surface area contributed by atoms with Gasteiger partial charge in [-0.2, -0.15) is 0 Å². The van der Waals surface area contributed by atoms with Gasteiger partial charge in [0.1, 0.15) is 5.58 Å². The molecule has 73 heavy (non-hydrogen) atoms. The number of fused-ring (bicyclic) bond motifs is 13. The molecule has 1 fully saturated rings. The average molecular weight is 962 g/mol. The third kappa shape index (κ3) is 5.96. The fourth-order valence-electron chi connectivity index (χ4n) is 14.0. The van der Waals surface area contributed by atoms with E-state index in [4.69, 9.17) is 4.42 Å². The number of hydrogen-bond donors (Lipinski definition) is 0. The molecule has 4 nitrogen and oxygen atoms in total. The Hall–Kier alpha value is -7.54. The molecule has 2 aromatic heterocycles. The SMILES string of the molecule is Cc1cc2c3c(c1)N(c1cccc4c1sc1ccccc14)c1cc(N4c5ccc(-c6ccccc6)cc5C5(C)CCCCC45C)ccc1B3c1ccc(C(C)(C)C)cc1N2c1cccc2c1oc1ccccc12. The standard InChI is InChI=1S/C67H56BN3OS/c1-41-36-58-62-59(37-41)70(55-25-17-23-49-47-21-11-13-27-61(47)73-64(49)55)57-40-45(71-53-33-28-43(42-18-8-7-9-19-42)38-50(53)66(5)34-14-15-35-67(66,71)6)30-32-52(57)68(62)51-31-29-44(65(2,3)4)39-56(51)69(58)54-24-16-22-48-46-20-10-12-26-60(46)72-63(48)54/h7-13,16-33,36-40H,14-15,34-35H2,1-6H3. The summed E-state index contributed by atoms with van der Waals surface area (Å²) in [5.41, 5.74) is 21.8. The van der Waals surface area contributed by atoms with E-state index in [0.717, 1.165) is 34.0 Å². The number of benzene rings is 9. The van der Waals surface area contributed by atoms with Crippen LogP contribution in [0.15, 0.2) is 186 Å². The molecular formula is C67H56BN3OS. The Morgan fingerprint density at radius 3 is 2.01 bits per heavy atom. The third-order valence-corrected chi connectivity index (χ3v) is 19.0. The minimum absolute atomic E-state index is 0.0263. The van der Waals surface area contributed by atoms with Crippen LogP contribution in [0.4, 0.5) is 45.5 Å². The van der Waals surface area contributed by atoms with Gasteiger partial charge < -0.3 is 19.1 Å². The molecule has 9 aromatic carbocycles. The Morgan fingerprint density at radius 1 is 0.534 bits per heavy atom. The van der Waals surface area contributed by atoms with Gasteiger partial charge in [0, 0.05) is 65.8 Å². The Kier molecular flexibility index (Phi) is 9.00. The van der Waals surface area contributed by atoms with Gasteiger partial charge in [0.2, 0.25) is 0 Å². The van der Waals surface area contributed by atoms with Gasteiger partial charge in [-0.3, -0.25) is 0 Å². The molecule has 11 aromatic rings. The van der Waals surface area contributed by atoms with E-state index in [2.05, 4.69) is 238 Å². The lowest BCUT2D eigenvalue weighted by molar-refractivity contribution is 0.195. The van der Waals surface area contributed by atoms with Crippen molar-refractivity contribution in [3.8, 4) is 11.1 Å². The molecule has 4 aliphatic rings. The van der Waals surface area contributed by atoms with Crippen molar-refractivity contribution in [3.05, 3.63) is 199 Å². The van der Waals surface area contributed by atoms with Crippen molar-refractivity contribution in [1.29, 1.82) is 0 Å². The highest BCUT2D eigenvalue weighted by Crippen LogP contribution is 2.62. The van der Waals surface area contributed by atoms with Crippen LogP contribution in [0.5, 0.6) is 0 Å². The predicted molar refractivity (Wildman–Crippen MR) is 312 cm³/mol. The lowest BCUT2D eigenvalue weighted by Gasteiger charge is -2.50. The summed E-state index contributed by atoms with van der Waals surface area (Å²) in [6.45, 7) is 14.4. The van der Waals surface area contributed by atoms with Crippen LogP contribution in [0, 0.1) is 6.92 Å². The number of thiophene rings is 1. The van der Waals surface area contributed by atoms with E-state index in [0.29, 0.717) is 0 Å². The van der Waals surface area contributed by atoms with E-state index in [-0.39, 0.29) is 23.1 Å². The predicted octanol–water partition coefficient (Wildman–Crippen LogP) is 17.1. The van der Waals surface area contributed by atoms with Gasteiger partial charge in [0.15, 0.2) is 5.58 Å². The van der Waals surface area contributed by atoms with Crippen molar-refractivity contribution in [2.45, 2.75) is 83.6 Å². The summed E-state index contributed by atoms with van der Waals surface area (Å²) in [7, 11) is 0. The van der Waals surface area contributed by atoms with E-state index >= 15 is 0 Å². The number of rotatable bonds is 4. The Bertz CT molecular complexity index is 4130. The molecule has 0 radical (unpaired) electrons. The van der Waals surface area contributed by atoms with Crippen LogP contribution < -0.4 is 31.1 Å². The molecule has 1 aliphatic carbocycles. The van der Waals surface area contributed by atoms with E-state index in [9.17, 15) is 0 Å². The van der Waals surface area contributed by atoms with Gasteiger partial charge in [0.25, 0.3) is 6.71 Å². The van der Waals surface area contributed by atoms with Crippen LogP contribution in [-0.2, 0) is 10.8 Å². The number of aryl methyl sites for hydroxylation is 1. The van der Waals surface area contributed by atoms with Crippen molar-refractivity contribution in [3.63, 3.8) is 0 Å². The summed E-state index contributed by atoms with van der Waals surface area (Å²) < 4.78 is 9.54. The quantitative estimate of drug-likeness (QED) is 0.164. The first-order valence-electron chi connectivity index (χ1n) is 26.3. The second-order valence-corrected chi connectivity index (χ2v) is 23.9. The highest BCUT2D eigenvalue weighted by Gasteiger charge is 2.58. The van der Waals surface area contributed by atoms with Gasteiger partial charge in [-0.05, 0) is 143 Å². The van der Waals surface area contributed by atoms with Crippen molar-refractivity contribution in [2.24, 2.45) is 0 Å². The maximum atomic E-state index is 6.93. The van der Waals surface area contributed by atoms with Gasteiger partial charge in [-0.25, -0.2) is 0 Å². The molecule has 354 valence electrons. The molecule has 6 heteroatoms. The van der Waals surface area contributed by atoms with Crippen LogP contribution in [0.1, 0.15) is 77.0 Å². The zero-order valence-corrected chi connectivity index (χ0v) is 43.2. The van der Waals surface area contributed by atoms with Crippen molar-refractivity contribution in [2.75, 3.05) is 14.7 Å². The maximum Gasteiger partial charge on any atom is 0.252 e. The summed E-state index contributed by atoms with van der Waals surface area (Å²) in [6.07, 6.45) is 4.76. The second kappa shape index (κ2) is 15.3. The molecule has 2 unspecified atom stereocenters. The normalized spacial score (nSPS) is 18.9. The van der Waals surface area contributed by atoms with Gasteiger partial charge in [-0.15, -0.1) is 11.3 Å². The number of nitrogens with zero attached hydrogens (tertiary/aromatic N) is 3. The average Bonchev–Trinajstić information content (AvgIpc) is 4.08. The maximum absolute atomic E-state index is 6.93. The summed E-state index contributed by atoms with van der Waals surface area (Å²) in [5, 5.41) is 4.87. The lowest BCUT2D eigenvalue weighted by atomic mass is 9.33. The van der Waals surface area contributed by atoms with E-state index in [1.165, 1.54) is 123 Å². The van der Waals surface area contributed by atoms with Crippen molar-refractivity contribution >= 4 is 122 Å². The topological polar surface area (TPSA) is 22.9 Å². The Labute approximate surface area is 432 Å². The van der Waals surface area contributed by atoms with Crippen LogP contribution in [0.2, 0.25) is 0 Å². The zero-order valence-electron chi connectivity index (χ0n) is 42.4. The Morgan fingerprint density at radius 2 is 1.21 bits per heavy atom. The molecule has 0 spiro atoms. The highest BCUT2D eigenvalue weighted by molar-refractivity contribution is 7.26. The van der Waals surface area contributed by atoms with Gasteiger partial charge >= 0.3 is 0 Å². The number of para-hydroxylation sites is 2. The minimum Gasteiger partial charge on any atom is -0.454 e. The second-order valence-electron chi connectivity index (χ2n) is 22.8. The molecular weight excluding hydrogens is 906 g/mol. The summed E-state index contributed by atoms with van der Waals surface area (Å²) in [5.74, 6) is 0. The first-order valence-corrected chi connectivity index (χ1v) is 27.1. The number of furan rings is 1. The lowest BCUT2D eigenvalue weighted by Crippen LogP contribution is -2.61. The summed E-state index contributed by atoms with van der Waals surface area (Å²) >= 11 is 1.91. The van der Waals surface area contributed by atoms with E-state index in [1.807, 2.05) is 11.3 Å². The molecule has 15 rings (SSSR count). The van der Waals surface area contributed by atoms with E-state index < -0.39 is 0 Å². The van der Waals surface area contributed by atoms with Crippen LogP contribution in [0.25, 0.3) is 53.2 Å². The highest BCUT2D eigenvalue weighted by atomic mass is 32.1. The van der Waals surface area contributed by atoms with Crippen molar-refractivity contribution < 1.29 is 4.42 Å². The first-order chi connectivity index (χ1) is 35.5. The smallest absolute Gasteiger partial charge is 0.252 e. The molecule has 5 heterocycles. The molecule has 0 N–H and O–H groups in total. The monoisotopic (exact) mass is 961 g/mol. The molecule has 2 atom stereocenters. The fraction of sp³-hybridized carbons (Fsp3) is 0.194.